The van der Waals surface area contributed by atoms with Crippen LogP contribution in [0, 0.1) is 6.92 Å². The molecule has 8 nitrogen and oxygen atoms in total. The molecular formula is C22H30IN7OS. The molecule has 10 heteroatoms. The minimum Gasteiger partial charge on any atom is -0.506 e. The normalized spacial score (nSPS) is 14.4. The summed E-state index contributed by atoms with van der Waals surface area (Å²) in [5, 5.41) is 24.2. The van der Waals surface area contributed by atoms with Gasteiger partial charge in [-0.15, -0.1) is 45.5 Å². The van der Waals surface area contributed by atoms with Gasteiger partial charge in [-0.1, -0.05) is 18.2 Å². The van der Waals surface area contributed by atoms with Crippen LogP contribution in [0.2, 0.25) is 0 Å². The molecule has 1 saturated heterocycles. The molecule has 0 radical (unpaired) electrons. The Kier molecular flexibility index (Phi) is 8.74. The largest absolute Gasteiger partial charge is 0.506 e. The van der Waals surface area contributed by atoms with Crippen molar-refractivity contribution in [3.8, 4) is 5.75 Å². The topological polar surface area (TPSA) is 81.8 Å². The van der Waals surface area contributed by atoms with Gasteiger partial charge in [0.2, 0.25) is 0 Å². The third-order valence-electron chi connectivity index (χ3n) is 5.59. The van der Waals surface area contributed by atoms with Crippen molar-refractivity contribution in [2.24, 2.45) is 12.0 Å². The van der Waals surface area contributed by atoms with Crippen molar-refractivity contribution in [3.63, 3.8) is 0 Å². The molecule has 32 heavy (non-hydrogen) atoms. The number of thiophene rings is 1. The standard InChI is InChI=1S/C22H29N7OS.HI/c1-17-25-26-21(27(17)2)16-24-22(23-10-9-18-6-5-15-31-18)29-13-11-28(12-14-29)19-7-3-4-8-20(19)30;/h3-8,15,30H,9-14,16H2,1-2H3,(H,23,24);1H. The van der Waals surface area contributed by atoms with Crippen LogP contribution in [0.4, 0.5) is 5.69 Å². The molecule has 2 N–H and O–H groups in total. The van der Waals surface area contributed by atoms with Gasteiger partial charge in [0.05, 0.1) is 5.69 Å². The van der Waals surface area contributed by atoms with Crippen molar-refractivity contribution in [2.45, 2.75) is 19.9 Å². The molecule has 1 fully saturated rings. The van der Waals surface area contributed by atoms with E-state index in [0.717, 1.165) is 62.4 Å². The zero-order valence-corrected chi connectivity index (χ0v) is 21.6. The molecule has 1 aliphatic rings. The number of phenols is 1. The summed E-state index contributed by atoms with van der Waals surface area (Å²) in [6.07, 6.45) is 0.970. The Hall–Kier alpha value is -2.34. The fourth-order valence-electron chi connectivity index (χ4n) is 3.65. The predicted octanol–water partition coefficient (Wildman–Crippen LogP) is 3.02. The van der Waals surface area contributed by atoms with Crippen molar-refractivity contribution in [1.82, 2.24) is 25.0 Å². The molecule has 4 rings (SSSR count). The van der Waals surface area contributed by atoms with E-state index >= 15 is 0 Å². The molecule has 0 bridgehead atoms. The molecule has 0 spiro atoms. The molecule has 0 saturated carbocycles. The number of phenolic OH excluding ortho intramolecular Hbond substituents is 1. The number of hydrogen-bond donors (Lipinski definition) is 2. The number of aliphatic imine (C=N–C) groups is 1. The van der Waals surface area contributed by atoms with Gasteiger partial charge in [0.1, 0.15) is 18.1 Å². The fraction of sp³-hybridized carbons (Fsp3) is 0.409. The van der Waals surface area contributed by atoms with Gasteiger partial charge in [-0.2, -0.15) is 0 Å². The van der Waals surface area contributed by atoms with Crippen LogP contribution in [0.25, 0.3) is 0 Å². The first-order valence-electron chi connectivity index (χ1n) is 10.6. The maximum absolute atomic E-state index is 10.2. The van der Waals surface area contributed by atoms with Crippen LogP contribution in [0.1, 0.15) is 16.5 Å². The first-order chi connectivity index (χ1) is 15.1. The molecule has 0 aliphatic carbocycles. The molecule has 0 amide bonds. The number of halogens is 1. The number of nitrogens with zero attached hydrogens (tertiary/aromatic N) is 6. The molecule has 0 unspecified atom stereocenters. The van der Waals surface area contributed by atoms with Crippen LogP contribution in [-0.4, -0.2) is 63.5 Å². The third kappa shape index (κ3) is 5.91. The van der Waals surface area contributed by atoms with Gasteiger partial charge in [0.25, 0.3) is 0 Å². The second-order valence-corrected chi connectivity index (χ2v) is 8.61. The van der Waals surface area contributed by atoms with Gasteiger partial charge in [-0.3, -0.25) is 0 Å². The van der Waals surface area contributed by atoms with E-state index in [1.807, 2.05) is 36.7 Å². The number of rotatable bonds is 6. The summed E-state index contributed by atoms with van der Waals surface area (Å²) < 4.78 is 1.98. The number of guanidine groups is 1. The lowest BCUT2D eigenvalue weighted by atomic mass is 10.2. The number of piperazine rings is 1. The summed E-state index contributed by atoms with van der Waals surface area (Å²) in [6.45, 7) is 6.57. The summed E-state index contributed by atoms with van der Waals surface area (Å²) in [6, 6.07) is 11.8. The number of hydrogen-bond acceptors (Lipinski definition) is 6. The minimum atomic E-state index is 0. The zero-order valence-electron chi connectivity index (χ0n) is 18.4. The average Bonchev–Trinajstić information content (AvgIpc) is 3.42. The number of nitrogens with one attached hydrogen (secondary N) is 1. The number of aromatic hydroxyl groups is 1. The van der Waals surface area contributed by atoms with Crippen molar-refractivity contribution in [2.75, 3.05) is 37.6 Å². The van der Waals surface area contributed by atoms with E-state index in [1.165, 1.54) is 4.88 Å². The quantitative estimate of drug-likeness (QED) is 0.271. The number of anilines is 1. The number of aromatic nitrogens is 3. The highest BCUT2D eigenvalue weighted by molar-refractivity contribution is 14.0. The molecule has 2 aromatic heterocycles. The first-order valence-corrected chi connectivity index (χ1v) is 11.4. The van der Waals surface area contributed by atoms with Crippen LogP contribution in [0.15, 0.2) is 46.8 Å². The Balaban J connectivity index is 0.00000289. The highest BCUT2D eigenvalue weighted by Crippen LogP contribution is 2.27. The van der Waals surface area contributed by atoms with Gasteiger partial charge in [-0.25, -0.2) is 4.99 Å². The molecule has 1 aliphatic heterocycles. The van der Waals surface area contributed by atoms with Crippen LogP contribution in [0.3, 0.4) is 0 Å². The van der Waals surface area contributed by atoms with Crippen LogP contribution in [0.5, 0.6) is 5.75 Å². The third-order valence-corrected chi connectivity index (χ3v) is 6.53. The van der Waals surface area contributed by atoms with Crippen LogP contribution in [-0.2, 0) is 20.0 Å². The predicted molar refractivity (Wildman–Crippen MR) is 140 cm³/mol. The van der Waals surface area contributed by atoms with Gasteiger partial charge in [0.15, 0.2) is 11.8 Å². The Labute approximate surface area is 210 Å². The van der Waals surface area contributed by atoms with Crippen LogP contribution < -0.4 is 10.2 Å². The monoisotopic (exact) mass is 567 g/mol. The average molecular weight is 568 g/mol. The van der Waals surface area contributed by atoms with E-state index in [9.17, 15) is 5.11 Å². The van der Waals surface area contributed by atoms with E-state index < -0.39 is 0 Å². The second-order valence-electron chi connectivity index (χ2n) is 7.58. The number of aryl methyl sites for hydroxylation is 1. The molecule has 3 heterocycles. The SMILES string of the molecule is Cc1nnc(CN=C(NCCc2cccs2)N2CCN(c3ccccc3O)CC2)n1C.I. The summed E-state index contributed by atoms with van der Waals surface area (Å²) in [5.74, 6) is 2.96. The molecular weight excluding hydrogens is 537 g/mol. The van der Waals surface area contributed by atoms with E-state index in [4.69, 9.17) is 4.99 Å². The van der Waals surface area contributed by atoms with Crippen molar-refractivity contribution >= 4 is 47.0 Å². The summed E-state index contributed by atoms with van der Waals surface area (Å²) in [5.41, 5.74) is 0.890. The van der Waals surface area contributed by atoms with Gasteiger partial charge in [-0.05, 0) is 36.9 Å². The lowest BCUT2D eigenvalue weighted by Gasteiger charge is -2.38. The highest BCUT2D eigenvalue weighted by Gasteiger charge is 2.21. The van der Waals surface area contributed by atoms with E-state index in [2.05, 4.69) is 42.8 Å². The Morgan fingerprint density at radius 3 is 2.56 bits per heavy atom. The summed E-state index contributed by atoms with van der Waals surface area (Å²) >= 11 is 1.78. The second kappa shape index (κ2) is 11.5. The van der Waals surface area contributed by atoms with Crippen LogP contribution >= 0.6 is 35.3 Å². The minimum absolute atomic E-state index is 0. The Morgan fingerprint density at radius 2 is 1.91 bits per heavy atom. The van der Waals surface area contributed by atoms with Crippen molar-refractivity contribution < 1.29 is 5.11 Å². The fourth-order valence-corrected chi connectivity index (χ4v) is 4.35. The molecule has 3 aromatic rings. The van der Waals surface area contributed by atoms with Gasteiger partial charge < -0.3 is 24.8 Å². The highest BCUT2D eigenvalue weighted by atomic mass is 127. The summed E-state index contributed by atoms with van der Waals surface area (Å²) in [4.78, 5) is 10.7. The molecule has 172 valence electrons. The molecule has 1 aromatic carbocycles. The lowest BCUT2D eigenvalue weighted by Crippen LogP contribution is -2.53. The van der Waals surface area contributed by atoms with E-state index in [1.54, 1.807) is 17.4 Å². The van der Waals surface area contributed by atoms with Crippen molar-refractivity contribution in [3.05, 3.63) is 58.3 Å². The van der Waals surface area contributed by atoms with Gasteiger partial charge in [0, 0.05) is 44.6 Å². The smallest absolute Gasteiger partial charge is 0.194 e. The Morgan fingerprint density at radius 1 is 1.12 bits per heavy atom. The maximum Gasteiger partial charge on any atom is 0.194 e. The zero-order chi connectivity index (χ0) is 21.6. The van der Waals surface area contributed by atoms with E-state index in [-0.39, 0.29) is 24.0 Å². The number of benzene rings is 1. The molecule has 0 atom stereocenters. The first kappa shape index (κ1) is 24.3. The van der Waals surface area contributed by atoms with Gasteiger partial charge >= 0.3 is 0 Å². The Bertz CT molecular complexity index is 1010. The number of para-hydroxylation sites is 2. The van der Waals surface area contributed by atoms with E-state index in [0.29, 0.717) is 12.3 Å². The van der Waals surface area contributed by atoms with Crippen molar-refractivity contribution in [1.29, 1.82) is 0 Å². The summed E-state index contributed by atoms with van der Waals surface area (Å²) in [7, 11) is 1.97. The lowest BCUT2D eigenvalue weighted by molar-refractivity contribution is 0.369. The maximum atomic E-state index is 10.2.